The van der Waals surface area contributed by atoms with E-state index >= 15 is 0 Å². The van der Waals surface area contributed by atoms with Crippen LogP contribution in [-0.4, -0.2) is 47.5 Å². The molecule has 2 heterocycles. The second-order valence-corrected chi connectivity index (χ2v) is 12.2. The number of halogens is 2. The number of amides is 2. The highest BCUT2D eigenvalue weighted by molar-refractivity contribution is 7.93. The highest BCUT2D eigenvalue weighted by Crippen LogP contribution is 2.35. The van der Waals surface area contributed by atoms with Gasteiger partial charge in [0, 0.05) is 24.5 Å². The Morgan fingerprint density at radius 3 is 1.50 bits per heavy atom. The van der Waals surface area contributed by atoms with E-state index in [1.807, 2.05) is 0 Å². The number of benzene rings is 2. The predicted octanol–water partition coefficient (Wildman–Crippen LogP) is 3.72. The molecule has 0 bridgehead atoms. The normalized spacial score (nSPS) is 19.2. The van der Waals surface area contributed by atoms with Gasteiger partial charge in [-0.2, -0.15) is 0 Å². The Kier molecular flexibility index (Phi) is 6.19. The Balaban J connectivity index is 1.51. The maximum Gasteiger partial charge on any atom is 0.323 e. The molecular weight excluding hydrogens is 499 g/mol. The first-order valence-electron chi connectivity index (χ1n) is 9.75. The zero-order valence-electron chi connectivity index (χ0n) is 16.7. The van der Waals surface area contributed by atoms with E-state index in [2.05, 4.69) is 10.6 Å². The Morgan fingerprint density at radius 1 is 0.750 bits per heavy atom. The minimum atomic E-state index is -3.43. The molecule has 0 atom stereocenters. The maximum absolute atomic E-state index is 12.5. The van der Waals surface area contributed by atoms with Gasteiger partial charge in [0.05, 0.1) is 32.9 Å². The third-order valence-corrected chi connectivity index (χ3v) is 9.49. The molecule has 0 saturated carbocycles. The molecule has 2 aromatic rings. The van der Waals surface area contributed by atoms with Crippen LogP contribution in [0.2, 0.25) is 10.0 Å². The fraction of sp³-hybridized carbons (Fsp3) is 0.316. The molecule has 13 heteroatoms. The summed E-state index contributed by atoms with van der Waals surface area (Å²) < 4.78 is 51.3. The van der Waals surface area contributed by atoms with Gasteiger partial charge in [0.15, 0.2) is 0 Å². The van der Waals surface area contributed by atoms with Crippen LogP contribution in [0.3, 0.4) is 0 Å². The minimum Gasteiger partial charge on any atom is -0.308 e. The average Bonchev–Trinajstić information content (AvgIpc) is 3.25. The molecule has 0 radical (unpaired) electrons. The number of anilines is 4. The molecule has 2 aliphatic heterocycles. The summed E-state index contributed by atoms with van der Waals surface area (Å²) in [6.07, 6.45) is 1.00. The molecule has 0 unspecified atom stereocenters. The lowest BCUT2D eigenvalue weighted by Gasteiger charge is -2.20. The van der Waals surface area contributed by atoms with E-state index in [0.717, 1.165) is 0 Å². The van der Waals surface area contributed by atoms with Crippen LogP contribution in [0.5, 0.6) is 0 Å². The molecule has 32 heavy (non-hydrogen) atoms. The van der Waals surface area contributed by atoms with Gasteiger partial charge in [-0.15, -0.1) is 0 Å². The fourth-order valence-corrected chi connectivity index (χ4v) is 7.36. The van der Waals surface area contributed by atoms with E-state index in [1.54, 1.807) is 12.1 Å². The summed E-state index contributed by atoms with van der Waals surface area (Å²) in [5.41, 5.74) is 1.30. The second kappa shape index (κ2) is 8.62. The van der Waals surface area contributed by atoms with Gasteiger partial charge in [0.2, 0.25) is 20.0 Å². The van der Waals surface area contributed by atoms with E-state index in [9.17, 15) is 21.6 Å². The topological polar surface area (TPSA) is 116 Å². The molecule has 0 aromatic heterocycles. The van der Waals surface area contributed by atoms with Crippen molar-refractivity contribution in [2.24, 2.45) is 0 Å². The van der Waals surface area contributed by atoms with Crippen molar-refractivity contribution < 1.29 is 21.6 Å². The van der Waals surface area contributed by atoms with E-state index < -0.39 is 26.1 Å². The van der Waals surface area contributed by atoms with Crippen molar-refractivity contribution in [3.8, 4) is 0 Å². The van der Waals surface area contributed by atoms with Gasteiger partial charge in [-0.25, -0.2) is 21.6 Å². The number of nitrogens with zero attached hydrogens (tertiary/aromatic N) is 2. The Bertz CT molecular complexity index is 1190. The van der Waals surface area contributed by atoms with Crippen molar-refractivity contribution >= 4 is 72.0 Å². The molecule has 4 rings (SSSR count). The van der Waals surface area contributed by atoms with Crippen molar-refractivity contribution in [1.29, 1.82) is 0 Å². The lowest BCUT2D eigenvalue weighted by molar-refractivity contribution is 0.262. The lowest BCUT2D eigenvalue weighted by Crippen LogP contribution is -2.26. The molecule has 2 aliphatic rings. The number of urea groups is 1. The molecular formula is C19H20Cl2N4O5S2. The van der Waals surface area contributed by atoms with E-state index in [-0.39, 0.29) is 21.6 Å². The van der Waals surface area contributed by atoms with Crippen LogP contribution < -0.4 is 19.2 Å². The molecule has 2 amide bonds. The maximum atomic E-state index is 12.5. The summed E-state index contributed by atoms with van der Waals surface area (Å²) in [5.74, 6) is 0.0974. The Hall–Kier alpha value is -2.21. The molecule has 2 fully saturated rings. The molecule has 2 N–H and O–H groups in total. The Morgan fingerprint density at radius 2 is 1.16 bits per heavy atom. The van der Waals surface area contributed by atoms with Crippen molar-refractivity contribution in [3.05, 3.63) is 46.4 Å². The van der Waals surface area contributed by atoms with E-state index in [4.69, 9.17) is 23.2 Å². The first kappa shape index (κ1) is 23.0. The molecule has 9 nitrogen and oxygen atoms in total. The fourth-order valence-electron chi connectivity index (χ4n) is 3.68. The van der Waals surface area contributed by atoms with Crippen LogP contribution in [0.25, 0.3) is 0 Å². The summed E-state index contributed by atoms with van der Waals surface area (Å²) in [6, 6.07) is 8.53. The van der Waals surface area contributed by atoms with Gasteiger partial charge in [-0.1, -0.05) is 23.2 Å². The third kappa shape index (κ3) is 4.61. The van der Waals surface area contributed by atoms with Crippen molar-refractivity contribution in [2.75, 3.05) is 43.8 Å². The van der Waals surface area contributed by atoms with Gasteiger partial charge in [0.1, 0.15) is 0 Å². The number of hydrogen-bond donors (Lipinski definition) is 2. The highest BCUT2D eigenvalue weighted by atomic mass is 35.5. The molecule has 2 aromatic carbocycles. The standard InChI is InChI=1S/C19H20Cl2N4O5S2/c20-15-5-3-13(11-17(15)24-7-1-9-31(24,27)28)22-19(26)23-14-4-6-16(21)18(12-14)25-8-2-10-32(25,29)30/h3-6,11-12H,1-2,7-10H2,(H2,22,23,26). The van der Waals surface area contributed by atoms with Gasteiger partial charge < -0.3 is 10.6 Å². The molecule has 172 valence electrons. The third-order valence-electron chi connectivity index (χ3n) is 5.14. The van der Waals surface area contributed by atoms with Gasteiger partial charge in [0.25, 0.3) is 0 Å². The average molecular weight is 519 g/mol. The van der Waals surface area contributed by atoms with Crippen LogP contribution in [0.1, 0.15) is 12.8 Å². The number of nitrogens with one attached hydrogen (secondary N) is 2. The Labute approximate surface area is 196 Å². The van der Waals surface area contributed by atoms with E-state index in [1.165, 1.54) is 32.9 Å². The summed E-state index contributed by atoms with van der Waals surface area (Å²) in [7, 11) is -6.86. The van der Waals surface area contributed by atoms with Crippen molar-refractivity contribution in [2.45, 2.75) is 12.8 Å². The van der Waals surface area contributed by atoms with Crippen LogP contribution in [0.4, 0.5) is 27.5 Å². The van der Waals surface area contributed by atoms with Crippen molar-refractivity contribution in [1.82, 2.24) is 0 Å². The monoisotopic (exact) mass is 518 g/mol. The summed E-state index contributed by atoms with van der Waals surface area (Å²) >= 11 is 12.4. The van der Waals surface area contributed by atoms with Gasteiger partial charge >= 0.3 is 6.03 Å². The molecule has 0 spiro atoms. The minimum absolute atomic E-state index is 0.0487. The zero-order chi connectivity index (χ0) is 23.1. The highest BCUT2D eigenvalue weighted by Gasteiger charge is 2.31. The SMILES string of the molecule is O=C(Nc1ccc(Cl)c(N2CCCS2(=O)=O)c1)Nc1ccc(Cl)c(N2CCCS2(=O)=O)c1. The first-order valence-corrected chi connectivity index (χ1v) is 13.7. The molecule has 0 aliphatic carbocycles. The van der Waals surface area contributed by atoms with Crippen LogP contribution in [0, 0.1) is 0 Å². The zero-order valence-corrected chi connectivity index (χ0v) is 19.9. The lowest BCUT2D eigenvalue weighted by atomic mass is 10.2. The predicted molar refractivity (Wildman–Crippen MR) is 127 cm³/mol. The quantitative estimate of drug-likeness (QED) is 0.639. The second-order valence-electron chi connectivity index (χ2n) is 7.39. The molecule has 2 saturated heterocycles. The number of carbonyl (C=O) groups is 1. The van der Waals surface area contributed by atoms with Crippen LogP contribution in [0.15, 0.2) is 36.4 Å². The van der Waals surface area contributed by atoms with Crippen LogP contribution in [-0.2, 0) is 20.0 Å². The number of sulfonamides is 2. The summed E-state index contributed by atoms with van der Waals surface area (Å²) in [5, 5.41) is 5.79. The summed E-state index contributed by atoms with van der Waals surface area (Å²) in [4.78, 5) is 12.5. The summed E-state index contributed by atoms with van der Waals surface area (Å²) in [6.45, 7) is 0.648. The van der Waals surface area contributed by atoms with E-state index in [0.29, 0.717) is 48.7 Å². The number of rotatable bonds is 4. The smallest absolute Gasteiger partial charge is 0.308 e. The number of hydrogen-bond acceptors (Lipinski definition) is 5. The van der Waals surface area contributed by atoms with Gasteiger partial charge in [-0.05, 0) is 49.2 Å². The largest absolute Gasteiger partial charge is 0.323 e. The van der Waals surface area contributed by atoms with Gasteiger partial charge in [-0.3, -0.25) is 8.61 Å². The van der Waals surface area contributed by atoms with Crippen molar-refractivity contribution in [3.63, 3.8) is 0 Å². The first-order chi connectivity index (χ1) is 15.1. The van der Waals surface area contributed by atoms with Crippen LogP contribution >= 0.6 is 23.2 Å². The number of carbonyl (C=O) groups excluding carboxylic acids is 1.